The first kappa shape index (κ1) is 17.3. The van der Waals surface area contributed by atoms with Gasteiger partial charge in [-0.25, -0.2) is 9.97 Å². The first-order valence-corrected chi connectivity index (χ1v) is 9.16. The molecule has 0 bridgehead atoms. The van der Waals surface area contributed by atoms with Gasteiger partial charge in [-0.1, -0.05) is 25.5 Å². The molecule has 0 radical (unpaired) electrons. The van der Waals surface area contributed by atoms with Crippen molar-refractivity contribution in [2.45, 2.75) is 32.9 Å². The number of carbonyl (C=O) groups excluding carboxylic acids is 1. The molecule has 7 heteroatoms. The molecular formula is C18H21N5OS. The predicted octanol–water partition coefficient (Wildman–Crippen LogP) is 3.52. The second-order valence-corrected chi connectivity index (χ2v) is 6.61. The summed E-state index contributed by atoms with van der Waals surface area (Å²) < 4.78 is 2.14. The number of imidazole rings is 1. The first-order chi connectivity index (χ1) is 12.2. The molecular weight excluding hydrogens is 334 g/mol. The van der Waals surface area contributed by atoms with Gasteiger partial charge >= 0.3 is 0 Å². The SMILES string of the molecule is CCCCn1ccnc1-c1cccc(NC(=O)c2csc(CN)n2)c1. The van der Waals surface area contributed by atoms with E-state index in [0.29, 0.717) is 12.2 Å². The summed E-state index contributed by atoms with van der Waals surface area (Å²) in [5.74, 6) is 0.672. The highest BCUT2D eigenvalue weighted by Crippen LogP contribution is 2.22. The summed E-state index contributed by atoms with van der Waals surface area (Å²) in [6.45, 7) is 3.44. The van der Waals surface area contributed by atoms with Crippen LogP contribution < -0.4 is 11.1 Å². The molecule has 0 spiro atoms. The van der Waals surface area contributed by atoms with Gasteiger partial charge in [-0.2, -0.15) is 0 Å². The molecule has 0 aliphatic heterocycles. The van der Waals surface area contributed by atoms with Gasteiger partial charge in [0.2, 0.25) is 0 Å². The van der Waals surface area contributed by atoms with E-state index in [0.717, 1.165) is 41.5 Å². The first-order valence-electron chi connectivity index (χ1n) is 8.28. The van der Waals surface area contributed by atoms with E-state index in [9.17, 15) is 4.79 Å². The summed E-state index contributed by atoms with van der Waals surface area (Å²) >= 11 is 1.39. The number of nitrogens with two attached hydrogens (primary N) is 1. The van der Waals surface area contributed by atoms with E-state index < -0.39 is 0 Å². The molecule has 0 saturated carbocycles. The predicted molar refractivity (Wildman–Crippen MR) is 101 cm³/mol. The smallest absolute Gasteiger partial charge is 0.275 e. The fraction of sp³-hybridized carbons (Fsp3) is 0.278. The van der Waals surface area contributed by atoms with Crippen molar-refractivity contribution in [2.75, 3.05) is 5.32 Å². The van der Waals surface area contributed by atoms with Gasteiger partial charge in [0.1, 0.15) is 16.5 Å². The number of anilines is 1. The number of hydrogen-bond donors (Lipinski definition) is 2. The van der Waals surface area contributed by atoms with E-state index in [1.165, 1.54) is 11.3 Å². The van der Waals surface area contributed by atoms with E-state index in [1.54, 1.807) is 11.6 Å². The fourth-order valence-electron chi connectivity index (χ4n) is 2.52. The third-order valence-corrected chi connectivity index (χ3v) is 4.68. The molecule has 3 rings (SSSR count). The van der Waals surface area contributed by atoms with Crippen molar-refractivity contribution in [3.8, 4) is 11.4 Å². The van der Waals surface area contributed by atoms with Crippen LogP contribution in [0.15, 0.2) is 42.0 Å². The highest BCUT2D eigenvalue weighted by molar-refractivity contribution is 7.09. The topological polar surface area (TPSA) is 85.8 Å². The third-order valence-electron chi connectivity index (χ3n) is 3.81. The van der Waals surface area contributed by atoms with Crippen molar-refractivity contribution in [3.63, 3.8) is 0 Å². The minimum Gasteiger partial charge on any atom is -0.331 e. The molecule has 1 amide bonds. The Morgan fingerprint density at radius 2 is 2.28 bits per heavy atom. The van der Waals surface area contributed by atoms with Gasteiger partial charge in [-0.3, -0.25) is 4.79 Å². The summed E-state index contributed by atoms with van der Waals surface area (Å²) in [4.78, 5) is 21.0. The Labute approximate surface area is 150 Å². The number of nitrogens with one attached hydrogen (secondary N) is 1. The van der Waals surface area contributed by atoms with Crippen LogP contribution in [0.2, 0.25) is 0 Å². The van der Waals surface area contributed by atoms with Crippen molar-refractivity contribution in [1.29, 1.82) is 0 Å². The molecule has 0 fully saturated rings. The highest BCUT2D eigenvalue weighted by atomic mass is 32.1. The highest BCUT2D eigenvalue weighted by Gasteiger charge is 2.12. The molecule has 2 heterocycles. The number of nitrogens with zero attached hydrogens (tertiary/aromatic N) is 3. The van der Waals surface area contributed by atoms with Crippen LogP contribution in [0.5, 0.6) is 0 Å². The number of rotatable bonds is 7. The monoisotopic (exact) mass is 355 g/mol. The Kier molecular flexibility index (Phi) is 5.57. The van der Waals surface area contributed by atoms with E-state index in [1.807, 2.05) is 30.5 Å². The summed E-state index contributed by atoms with van der Waals surface area (Å²) in [5, 5.41) is 5.36. The van der Waals surface area contributed by atoms with Gasteiger partial charge in [-0.05, 0) is 18.6 Å². The van der Waals surface area contributed by atoms with Gasteiger partial charge in [0.15, 0.2) is 0 Å². The van der Waals surface area contributed by atoms with Crippen molar-refractivity contribution < 1.29 is 4.79 Å². The molecule has 130 valence electrons. The Bertz CT molecular complexity index is 855. The van der Waals surface area contributed by atoms with Crippen LogP contribution in [0, 0.1) is 0 Å². The Morgan fingerprint density at radius 3 is 3.04 bits per heavy atom. The van der Waals surface area contributed by atoms with Crippen LogP contribution in [0.3, 0.4) is 0 Å². The van der Waals surface area contributed by atoms with Crippen molar-refractivity contribution in [3.05, 3.63) is 52.7 Å². The molecule has 0 aliphatic carbocycles. The van der Waals surface area contributed by atoms with Crippen LogP contribution >= 0.6 is 11.3 Å². The number of hydrogen-bond acceptors (Lipinski definition) is 5. The van der Waals surface area contributed by atoms with E-state index in [2.05, 4.69) is 26.8 Å². The Hall–Kier alpha value is -2.51. The standard InChI is InChI=1S/C18H21N5OS/c1-2-3-8-23-9-7-20-17(23)13-5-4-6-14(10-13)21-18(24)15-12-25-16(11-19)22-15/h4-7,9-10,12H,2-3,8,11,19H2,1H3,(H,21,24). The lowest BCUT2D eigenvalue weighted by Crippen LogP contribution is -2.12. The van der Waals surface area contributed by atoms with Crippen molar-refractivity contribution in [2.24, 2.45) is 5.73 Å². The Balaban J connectivity index is 1.77. The minimum absolute atomic E-state index is 0.234. The molecule has 0 saturated heterocycles. The number of amides is 1. The molecule has 3 N–H and O–H groups in total. The van der Waals surface area contributed by atoms with Gasteiger partial charge in [0.25, 0.3) is 5.91 Å². The average molecular weight is 355 g/mol. The molecule has 0 unspecified atom stereocenters. The maximum Gasteiger partial charge on any atom is 0.275 e. The van der Waals surface area contributed by atoms with E-state index >= 15 is 0 Å². The van der Waals surface area contributed by atoms with Crippen LogP contribution in [-0.4, -0.2) is 20.4 Å². The zero-order valence-corrected chi connectivity index (χ0v) is 14.9. The largest absolute Gasteiger partial charge is 0.331 e. The van der Waals surface area contributed by atoms with E-state index in [4.69, 9.17) is 5.73 Å². The zero-order valence-electron chi connectivity index (χ0n) is 14.1. The summed E-state index contributed by atoms with van der Waals surface area (Å²) in [7, 11) is 0. The zero-order chi connectivity index (χ0) is 17.6. The number of thiazole rings is 1. The quantitative estimate of drug-likeness (QED) is 0.679. The molecule has 2 aromatic heterocycles. The molecule has 0 atom stereocenters. The van der Waals surface area contributed by atoms with Crippen LogP contribution in [0.25, 0.3) is 11.4 Å². The molecule has 1 aromatic carbocycles. The van der Waals surface area contributed by atoms with Crippen LogP contribution in [0.4, 0.5) is 5.69 Å². The second-order valence-electron chi connectivity index (χ2n) is 5.66. The lowest BCUT2D eigenvalue weighted by Gasteiger charge is -2.09. The van der Waals surface area contributed by atoms with Gasteiger partial charge < -0.3 is 15.6 Å². The second kappa shape index (κ2) is 8.04. The number of benzene rings is 1. The number of unbranched alkanes of at least 4 members (excludes halogenated alkanes) is 1. The fourth-order valence-corrected chi connectivity index (χ4v) is 3.17. The lowest BCUT2D eigenvalue weighted by molar-refractivity contribution is 0.102. The number of carbonyl (C=O) groups is 1. The molecule has 3 aromatic rings. The number of aryl methyl sites for hydroxylation is 1. The summed E-state index contributed by atoms with van der Waals surface area (Å²) in [6.07, 6.45) is 6.03. The normalized spacial score (nSPS) is 10.8. The van der Waals surface area contributed by atoms with Crippen LogP contribution in [0.1, 0.15) is 35.3 Å². The van der Waals surface area contributed by atoms with E-state index in [-0.39, 0.29) is 5.91 Å². The van der Waals surface area contributed by atoms with Gasteiger partial charge in [0, 0.05) is 42.1 Å². The number of aromatic nitrogens is 3. The molecule has 25 heavy (non-hydrogen) atoms. The lowest BCUT2D eigenvalue weighted by atomic mass is 10.2. The molecule has 0 aliphatic rings. The molecule has 6 nitrogen and oxygen atoms in total. The summed E-state index contributed by atoms with van der Waals surface area (Å²) in [5.41, 5.74) is 7.62. The minimum atomic E-state index is -0.234. The maximum absolute atomic E-state index is 12.3. The Morgan fingerprint density at radius 1 is 1.40 bits per heavy atom. The van der Waals surface area contributed by atoms with Crippen molar-refractivity contribution in [1.82, 2.24) is 14.5 Å². The average Bonchev–Trinajstić information content (AvgIpc) is 3.29. The van der Waals surface area contributed by atoms with Gasteiger partial charge in [0.05, 0.1) is 0 Å². The summed E-state index contributed by atoms with van der Waals surface area (Å²) in [6, 6.07) is 7.70. The van der Waals surface area contributed by atoms with Gasteiger partial charge in [-0.15, -0.1) is 11.3 Å². The van der Waals surface area contributed by atoms with Crippen molar-refractivity contribution >= 4 is 22.9 Å². The maximum atomic E-state index is 12.3. The third kappa shape index (κ3) is 4.12. The van der Waals surface area contributed by atoms with Crippen LogP contribution in [-0.2, 0) is 13.1 Å².